The van der Waals surface area contributed by atoms with Gasteiger partial charge in [-0.05, 0) is 17.6 Å². The van der Waals surface area contributed by atoms with E-state index in [-0.39, 0.29) is 0 Å². The molecule has 0 unspecified atom stereocenters. The molecule has 0 saturated heterocycles. The lowest BCUT2D eigenvalue weighted by molar-refractivity contribution is 1.24. The van der Waals surface area contributed by atoms with E-state index in [0.29, 0.717) is 0 Å². The Hall–Kier alpha value is -1.30. The van der Waals surface area contributed by atoms with Crippen molar-refractivity contribution < 1.29 is 0 Å². The smallest absolute Gasteiger partial charge is 0.00885 e. The molecular weight excluding hydrogens is 132 g/mol. The van der Waals surface area contributed by atoms with E-state index >= 15 is 0 Å². The van der Waals surface area contributed by atoms with E-state index in [0.717, 1.165) is 6.42 Å². The molecule has 0 atom stereocenters. The number of allylic oxidation sites excluding steroid dienone is 8. The standard InChI is InChI=1S/C11H12/c1-3-5-11-8-6-10(4-2)7-9-11/h3-8H,1-2,9H2/b11-5+. The second kappa shape index (κ2) is 3.77. The SMILES string of the molecule is C=C/C=C1\C=CC(C=C)=CC1. The van der Waals surface area contributed by atoms with E-state index in [1.165, 1.54) is 11.1 Å². The first kappa shape index (κ1) is 7.80. The van der Waals surface area contributed by atoms with Crippen molar-refractivity contribution in [2.75, 3.05) is 0 Å². The number of hydrogen-bond acceptors (Lipinski definition) is 0. The fraction of sp³-hybridized carbons (Fsp3) is 0.0909. The van der Waals surface area contributed by atoms with Crippen LogP contribution in [0, 0.1) is 0 Å². The lowest BCUT2D eigenvalue weighted by atomic mass is 10.0. The van der Waals surface area contributed by atoms with Crippen LogP contribution in [0.3, 0.4) is 0 Å². The lowest BCUT2D eigenvalue weighted by Crippen LogP contribution is -1.84. The van der Waals surface area contributed by atoms with Crippen molar-refractivity contribution in [1.82, 2.24) is 0 Å². The Labute approximate surface area is 67.9 Å². The first-order valence-electron chi connectivity index (χ1n) is 3.69. The van der Waals surface area contributed by atoms with Crippen LogP contribution in [0.4, 0.5) is 0 Å². The summed E-state index contributed by atoms with van der Waals surface area (Å²) in [6, 6.07) is 0. The zero-order chi connectivity index (χ0) is 8.10. The van der Waals surface area contributed by atoms with E-state index in [1.54, 1.807) is 0 Å². The van der Waals surface area contributed by atoms with Crippen LogP contribution in [0.2, 0.25) is 0 Å². The summed E-state index contributed by atoms with van der Waals surface area (Å²) in [5, 5.41) is 0. The van der Waals surface area contributed by atoms with Crippen molar-refractivity contribution in [1.29, 1.82) is 0 Å². The lowest BCUT2D eigenvalue weighted by Gasteiger charge is -2.03. The topological polar surface area (TPSA) is 0 Å². The van der Waals surface area contributed by atoms with Crippen LogP contribution in [0.1, 0.15) is 6.42 Å². The molecule has 0 fully saturated rings. The highest BCUT2D eigenvalue weighted by Gasteiger charge is 1.95. The molecule has 0 N–H and O–H groups in total. The maximum atomic E-state index is 3.70. The highest BCUT2D eigenvalue weighted by atomic mass is 14.0. The van der Waals surface area contributed by atoms with Crippen molar-refractivity contribution in [3.8, 4) is 0 Å². The number of rotatable bonds is 2. The van der Waals surface area contributed by atoms with Gasteiger partial charge in [0.2, 0.25) is 0 Å². The van der Waals surface area contributed by atoms with Crippen LogP contribution in [-0.4, -0.2) is 0 Å². The molecule has 0 aromatic rings. The van der Waals surface area contributed by atoms with Crippen LogP contribution < -0.4 is 0 Å². The molecule has 0 aromatic carbocycles. The second-order valence-corrected chi connectivity index (χ2v) is 2.42. The molecule has 0 aliphatic heterocycles. The van der Waals surface area contributed by atoms with E-state index in [2.05, 4.69) is 31.4 Å². The summed E-state index contributed by atoms with van der Waals surface area (Å²) >= 11 is 0. The molecule has 0 spiro atoms. The predicted molar refractivity (Wildman–Crippen MR) is 50.3 cm³/mol. The van der Waals surface area contributed by atoms with Gasteiger partial charge in [-0.15, -0.1) is 0 Å². The van der Waals surface area contributed by atoms with E-state index in [9.17, 15) is 0 Å². The maximum Gasteiger partial charge on any atom is -0.00885 e. The Kier molecular flexibility index (Phi) is 2.67. The normalized spacial score (nSPS) is 19.6. The van der Waals surface area contributed by atoms with Crippen LogP contribution in [0.5, 0.6) is 0 Å². The van der Waals surface area contributed by atoms with Gasteiger partial charge in [-0.25, -0.2) is 0 Å². The average Bonchev–Trinajstić information content (AvgIpc) is 2.07. The summed E-state index contributed by atoms with van der Waals surface area (Å²) in [7, 11) is 0. The quantitative estimate of drug-likeness (QED) is 0.558. The Morgan fingerprint density at radius 3 is 2.55 bits per heavy atom. The third-order valence-corrected chi connectivity index (χ3v) is 1.63. The molecule has 0 nitrogen and oxygen atoms in total. The highest BCUT2D eigenvalue weighted by Crippen LogP contribution is 2.15. The fourth-order valence-corrected chi connectivity index (χ4v) is 1.00. The summed E-state index contributed by atoms with van der Waals surface area (Å²) < 4.78 is 0. The van der Waals surface area contributed by atoms with Crippen LogP contribution in [-0.2, 0) is 0 Å². The van der Waals surface area contributed by atoms with Gasteiger partial charge in [0.1, 0.15) is 0 Å². The number of hydrogen-bond donors (Lipinski definition) is 0. The van der Waals surface area contributed by atoms with E-state index in [1.807, 2.05) is 18.2 Å². The first-order valence-corrected chi connectivity index (χ1v) is 3.69. The molecule has 0 bridgehead atoms. The van der Waals surface area contributed by atoms with Crippen LogP contribution in [0.15, 0.2) is 60.8 Å². The molecule has 0 radical (unpaired) electrons. The minimum atomic E-state index is 0.990. The van der Waals surface area contributed by atoms with Crippen molar-refractivity contribution in [2.45, 2.75) is 6.42 Å². The van der Waals surface area contributed by atoms with Gasteiger partial charge in [-0.2, -0.15) is 0 Å². The minimum absolute atomic E-state index is 0.990. The Balaban J connectivity index is 2.71. The molecule has 11 heavy (non-hydrogen) atoms. The molecule has 0 heteroatoms. The van der Waals surface area contributed by atoms with Gasteiger partial charge in [0, 0.05) is 0 Å². The van der Waals surface area contributed by atoms with Crippen molar-refractivity contribution in [2.24, 2.45) is 0 Å². The van der Waals surface area contributed by atoms with Gasteiger partial charge in [-0.3, -0.25) is 0 Å². The summed E-state index contributed by atoms with van der Waals surface area (Å²) in [5.41, 5.74) is 2.50. The highest BCUT2D eigenvalue weighted by molar-refractivity contribution is 5.41. The third kappa shape index (κ3) is 2.08. The van der Waals surface area contributed by atoms with Gasteiger partial charge in [-0.1, -0.05) is 49.6 Å². The molecule has 0 heterocycles. The molecule has 1 aliphatic rings. The fourth-order valence-electron chi connectivity index (χ4n) is 1.00. The summed E-state index contributed by atoms with van der Waals surface area (Å²) in [6.45, 7) is 7.34. The maximum absolute atomic E-state index is 3.70. The van der Waals surface area contributed by atoms with Gasteiger partial charge in [0.15, 0.2) is 0 Å². The zero-order valence-corrected chi connectivity index (χ0v) is 6.59. The molecule has 0 saturated carbocycles. The zero-order valence-electron chi connectivity index (χ0n) is 6.59. The van der Waals surface area contributed by atoms with Gasteiger partial charge < -0.3 is 0 Å². The molecular formula is C11H12. The molecule has 0 amide bonds. The van der Waals surface area contributed by atoms with Crippen molar-refractivity contribution in [3.63, 3.8) is 0 Å². The van der Waals surface area contributed by atoms with Gasteiger partial charge in [0.25, 0.3) is 0 Å². The minimum Gasteiger partial charge on any atom is -0.0991 e. The third-order valence-electron chi connectivity index (χ3n) is 1.63. The molecule has 0 aromatic heterocycles. The second-order valence-electron chi connectivity index (χ2n) is 2.42. The van der Waals surface area contributed by atoms with Crippen LogP contribution >= 0.6 is 0 Å². The first-order chi connectivity index (χ1) is 5.36. The Bertz CT molecular complexity index is 249. The van der Waals surface area contributed by atoms with Crippen LogP contribution in [0.25, 0.3) is 0 Å². The van der Waals surface area contributed by atoms with Crippen molar-refractivity contribution in [3.05, 3.63) is 60.8 Å². The Morgan fingerprint density at radius 1 is 1.27 bits per heavy atom. The molecule has 1 aliphatic carbocycles. The summed E-state index contributed by atoms with van der Waals surface area (Å²) in [5.74, 6) is 0. The van der Waals surface area contributed by atoms with Crippen molar-refractivity contribution >= 4 is 0 Å². The summed E-state index contributed by atoms with van der Waals surface area (Å²) in [6.07, 6.45) is 13.0. The van der Waals surface area contributed by atoms with E-state index < -0.39 is 0 Å². The molecule has 56 valence electrons. The van der Waals surface area contributed by atoms with Gasteiger partial charge in [0.05, 0.1) is 0 Å². The monoisotopic (exact) mass is 144 g/mol. The summed E-state index contributed by atoms with van der Waals surface area (Å²) in [4.78, 5) is 0. The molecule has 1 rings (SSSR count). The Morgan fingerprint density at radius 2 is 2.09 bits per heavy atom. The predicted octanol–water partition coefficient (Wildman–Crippen LogP) is 3.17. The largest absolute Gasteiger partial charge is 0.0991 e. The van der Waals surface area contributed by atoms with Gasteiger partial charge >= 0.3 is 0 Å². The average molecular weight is 144 g/mol. The van der Waals surface area contributed by atoms with E-state index in [4.69, 9.17) is 0 Å².